The summed E-state index contributed by atoms with van der Waals surface area (Å²) in [7, 11) is 1.18. The molecule has 0 radical (unpaired) electrons. The number of phosphoric acid groups is 1. The normalized spacial score (nSPS) is 13.5. The Balaban J connectivity index is 4.05. The Kier molecular flexibility index (Phi) is 57.1. The first-order valence-electron chi connectivity index (χ1n) is 32.8. The maximum atomic E-state index is 12.8. The molecular formula is C67H126NO8P. The van der Waals surface area contributed by atoms with Crippen LogP contribution in [0.15, 0.2) is 48.6 Å². The fourth-order valence-corrected chi connectivity index (χ4v) is 10.3. The molecule has 2 atom stereocenters. The highest BCUT2D eigenvalue weighted by Gasteiger charge is 2.22. The second-order valence-corrected chi connectivity index (χ2v) is 24.9. The fourth-order valence-electron chi connectivity index (χ4n) is 9.59. The Morgan fingerprint density at radius 2 is 0.740 bits per heavy atom. The van der Waals surface area contributed by atoms with Gasteiger partial charge < -0.3 is 27.9 Å². The van der Waals surface area contributed by atoms with Crippen molar-refractivity contribution in [3.63, 3.8) is 0 Å². The number of unbranched alkanes of at least 4 members (excludes halogenated alkanes) is 39. The molecule has 9 nitrogen and oxygen atoms in total. The Morgan fingerprint density at radius 1 is 0.416 bits per heavy atom. The zero-order chi connectivity index (χ0) is 56.3. The number of phosphoric ester groups is 1. The van der Waals surface area contributed by atoms with E-state index >= 15 is 0 Å². The number of allylic oxidation sites excluding steroid dienone is 8. The number of esters is 2. The monoisotopic (exact) mass is 1100 g/mol. The third kappa shape index (κ3) is 63.0. The minimum absolute atomic E-state index is 0.0294. The maximum Gasteiger partial charge on any atom is 0.306 e. The summed E-state index contributed by atoms with van der Waals surface area (Å²) < 4.78 is 34.3. The van der Waals surface area contributed by atoms with Crippen molar-refractivity contribution in [2.75, 3.05) is 47.5 Å². The SMILES string of the molecule is CC/C=C\C/C=C\C/C=C\C/C=C\CCCCCCCCCCCCCCCCC(=O)OC(COC(=O)CCCCCCCCCCCCCCCCCCCCCCCCCCCC)COP(=O)([O-])OCC[N+](C)(C)C. The van der Waals surface area contributed by atoms with Gasteiger partial charge in [0.2, 0.25) is 0 Å². The molecule has 0 amide bonds. The molecule has 0 fully saturated rings. The third-order valence-corrected chi connectivity index (χ3v) is 15.6. The van der Waals surface area contributed by atoms with Crippen LogP contribution >= 0.6 is 7.82 Å². The number of ether oxygens (including phenoxy) is 2. The molecule has 0 aliphatic rings. The van der Waals surface area contributed by atoms with Crippen LogP contribution < -0.4 is 4.89 Å². The molecule has 10 heteroatoms. The summed E-state index contributed by atoms with van der Waals surface area (Å²) in [6.45, 7) is 4.19. The van der Waals surface area contributed by atoms with Crippen LogP contribution in [0.3, 0.4) is 0 Å². The van der Waals surface area contributed by atoms with Crippen LogP contribution in [0.1, 0.15) is 316 Å². The van der Waals surface area contributed by atoms with Crippen molar-refractivity contribution in [3.05, 3.63) is 48.6 Å². The molecule has 0 saturated heterocycles. The minimum atomic E-state index is -4.64. The molecule has 2 unspecified atom stereocenters. The van der Waals surface area contributed by atoms with E-state index in [1.54, 1.807) is 0 Å². The van der Waals surface area contributed by atoms with Crippen LogP contribution in [0, 0.1) is 0 Å². The lowest BCUT2D eigenvalue weighted by molar-refractivity contribution is -0.870. The van der Waals surface area contributed by atoms with E-state index in [-0.39, 0.29) is 32.0 Å². The predicted octanol–water partition coefficient (Wildman–Crippen LogP) is 20.2. The van der Waals surface area contributed by atoms with Crippen molar-refractivity contribution in [2.24, 2.45) is 0 Å². The quantitative estimate of drug-likeness (QED) is 0.0195. The predicted molar refractivity (Wildman–Crippen MR) is 328 cm³/mol. The lowest BCUT2D eigenvalue weighted by Gasteiger charge is -2.28. The van der Waals surface area contributed by atoms with Gasteiger partial charge in [-0.25, -0.2) is 0 Å². The minimum Gasteiger partial charge on any atom is -0.756 e. The van der Waals surface area contributed by atoms with E-state index in [4.69, 9.17) is 18.5 Å². The summed E-state index contributed by atoms with van der Waals surface area (Å²) in [6, 6.07) is 0. The number of carbonyl (C=O) groups excluding carboxylic acids is 2. The highest BCUT2D eigenvalue weighted by molar-refractivity contribution is 7.45. The first-order chi connectivity index (χ1) is 37.5. The van der Waals surface area contributed by atoms with Crippen LogP contribution in [0.2, 0.25) is 0 Å². The Morgan fingerprint density at radius 3 is 1.10 bits per heavy atom. The Labute approximate surface area is 477 Å². The first kappa shape index (κ1) is 75.0. The van der Waals surface area contributed by atoms with E-state index in [0.717, 1.165) is 64.2 Å². The summed E-state index contributed by atoms with van der Waals surface area (Å²) in [5.74, 6) is -0.817. The maximum absolute atomic E-state index is 12.8. The van der Waals surface area contributed by atoms with Crippen molar-refractivity contribution in [2.45, 2.75) is 322 Å². The summed E-state index contributed by atoms with van der Waals surface area (Å²) in [5, 5.41) is 0. The molecule has 0 aromatic carbocycles. The largest absolute Gasteiger partial charge is 0.756 e. The van der Waals surface area contributed by atoms with Crippen LogP contribution in [0.4, 0.5) is 0 Å². The Bertz CT molecular complexity index is 1440. The topological polar surface area (TPSA) is 111 Å². The number of likely N-dealkylation sites (N-methyl/N-ethyl adjacent to an activating group) is 1. The molecule has 0 aliphatic heterocycles. The molecular weight excluding hydrogens is 978 g/mol. The zero-order valence-corrected chi connectivity index (χ0v) is 52.3. The number of nitrogens with zero attached hydrogens (tertiary/aromatic N) is 1. The van der Waals surface area contributed by atoms with Crippen molar-refractivity contribution < 1.29 is 42.1 Å². The molecule has 0 rings (SSSR count). The number of carbonyl (C=O) groups is 2. The van der Waals surface area contributed by atoms with Crippen molar-refractivity contribution in [1.29, 1.82) is 0 Å². The van der Waals surface area contributed by atoms with Gasteiger partial charge in [0.1, 0.15) is 19.8 Å². The van der Waals surface area contributed by atoms with Gasteiger partial charge in [0, 0.05) is 12.8 Å². The molecule has 0 aromatic rings. The summed E-state index contributed by atoms with van der Waals surface area (Å²) in [6.07, 6.45) is 74.6. The molecule has 77 heavy (non-hydrogen) atoms. The molecule has 0 bridgehead atoms. The van der Waals surface area contributed by atoms with Gasteiger partial charge >= 0.3 is 11.9 Å². The number of hydrogen-bond donors (Lipinski definition) is 0. The van der Waals surface area contributed by atoms with Gasteiger partial charge in [0.25, 0.3) is 7.82 Å². The van der Waals surface area contributed by atoms with Gasteiger partial charge in [0.05, 0.1) is 27.7 Å². The molecule has 0 aromatic heterocycles. The van der Waals surface area contributed by atoms with Crippen molar-refractivity contribution in [3.8, 4) is 0 Å². The highest BCUT2D eigenvalue weighted by atomic mass is 31.2. The average molecular weight is 1100 g/mol. The van der Waals surface area contributed by atoms with Gasteiger partial charge in [-0.3, -0.25) is 14.2 Å². The highest BCUT2D eigenvalue weighted by Crippen LogP contribution is 2.38. The molecule has 0 saturated carbocycles. The lowest BCUT2D eigenvalue weighted by Crippen LogP contribution is -2.37. The first-order valence-corrected chi connectivity index (χ1v) is 34.3. The molecule has 452 valence electrons. The summed E-state index contributed by atoms with van der Waals surface area (Å²) in [4.78, 5) is 38.0. The van der Waals surface area contributed by atoms with E-state index < -0.39 is 26.5 Å². The zero-order valence-electron chi connectivity index (χ0n) is 51.4. The lowest BCUT2D eigenvalue weighted by atomic mass is 10.0. The third-order valence-electron chi connectivity index (χ3n) is 14.6. The van der Waals surface area contributed by atoms with Crippen LogP contribution in [0.5, 0.6) is 0 Å². The molecule has 0 aliphatic carbocycles. The average Bonchev–Trinajstić information content (AvgIpc) is 3.39. The van der Waals surface area contributed by atoms with E-state index in [2.05, 4.69) is 62.5 Å². The van der Waals surface area contributed by atoms with Crippen LogP contribution in [0.25, 0.3) is 0 Å². The van der Waals surface area contributed by atoms with E-state index in [1.807, 2.05) is 21.1 Å². The van der Waals surface area contributed by atoms with Crippen LogP contribution in [-0.2, 0) is 32.7 Å². The smallest absolute Gasteiger partial charge is 0.306 e. The van der Waals surface area contributed by atoms with Crippen molar-refractivity contribution >= 4 is 19.8 Å². The number of quaternary nitrogens is 1. The van der Waals surface area contributed by atoms with E-state index in [0.29, 0.717) is 17.4 Å². The van der Waals surface area contributed by atoms with Gasteiger partial charge in [-0.2, -0.15) is 0 Å². The standard InChI is InChI=1S/C67H126NO8P/c1-6-8-10-12-14-16-18-20-22-24-26-28-30-32-34-36-38-40-42-44-46-48-50-52-54-56-58-60-67(70)76-65(64-75-77(71,72)74-62-61-68(3,4)5)63-73-66(69)59-57-55-53-51-49-47-45-43-41-39-37-35-33-31-29-27-25-23-21-19-17-15-13-11-9-7-2/h8,10,14,16,20,22,26,28,65H,6-7,9,11-13,15,17-19,21,23-25,27,29-64H2,1-5H3/b10-8-,16-14-,22-20-,28-26-. The summed E-state index contributed by atoms with van der Waals surface area (Å²) in [5.41, 5.74) is 0. The van der Waals surface area contributed by atoms with Gasteiger partial charge in [-0.1, -0.05) is 300 Å². The second-order valence-electron chi connectivity index (χ2n) is 23.5. The molecule has 0 N–H and O–H groups in total. The van der Waals surface area contributed by atoms with Crippen LogP contribution in [-0.4, -0.2) is 70.0 Å². The fraction of sp³-hybridized carbons (Fsp3) is 0.851. The molecule has 0 heterocycles. The van der Waals surface area contributed by atoms with E-state index in [9.17, 15) is 19.0 Å². The van der Waals surface area contributed by atoms with Gasteiger partial charge in [-0.15, -0.1) is 0 Å². The van der Waals surface area contributed by atoms with Gasteiger partial charge in [0.15, 0.2) is 6.10 Å². The van der Waals surface area contributed by atoms with E-state index in [1.165, 1.54) is 218 Å². The molecule has 0 spiro atoms. The number of hydrogen-bond acceptors (Lipinski definition) is 8. The van der Waals surface area contributed by atoms with Crippen molar-refractivity contribution in [1.82, 2.24) is 0 Å². The second kappa shape index (κ2) is 58.6. The van der Waals surface area contributed by atoms with Gasteiger partial charge in [-0.05, 0) is 51.4 Å². The Hall–Kier alpha value is -2.03. The summed E-state index contributed by atoms with van der Waals surface area (Å²) >= 11 is 0. The number of rotatable bonds is 61.